The maximum atomic E-state index is 2.39. The Hall–Kier alpha value is -0.830. The maximum absolute atomic E-state index is 2.39. The van der Waals surface area contributed by atoms with Crippen LogP contribution >= 0.6 is 0 Å². The summed E-state index contributed by atoms with van der Waals surface area (Å²) in [6, 6.07) is 21.9. The second-order valence-electron chi connectivity index (χ2n) is 5.77. The summed E-state index contributed by atoms with van der Waals surface area (Å²) < 4.78 is 0.582. The predicted molar refractivity (Wildman–Crippen MR) is 78.9 cm³/mol. The molecule has 0 nitrogen and oxygen atoms in total. The first-order valence-corrected chi connectivity index (χ1v) is 8.86. The maximum Gasteiger partial charge on any atom is 0.291 e. The number of alkyl halides is 2. The fourth-order valence-corrected chi connectivity index (χ4v) is 7.08. The minimum absolute atomic E-state index is 0.0252. The Morgan fingerprint density at radius 3 is 1.21 bits per heavy atom. The van der Waals surface area contributed by atoms with Crippen LogP contribution < -0.4 is 21.2 Å². The van der Waals surface area contributed by atoms with Gasteiger partial charge in [0.15, 0.2) is 6.84 Å². The highest BCUT2D eigenvalue weighted by Crippen LogP contribution is 2.17. The summed E-state index contributed by atoms with van der Waals surface area (Å²) >= 11 is -0.0252. The van der Waals surface area contributed by atoms with Gasteiger partial charge in [0.2, 0.25) is 0 Å². The average molecular weight is 365 g/mol. The van der Waals surface area contributed by atoms with Gasteiger partial charge in [0.25, 0.3) is 21.2 Å². The van der Waals surface area contributed by atoms with E-state index in [2.05, 4.69) is 88.4 Å². The lowest BCUT2D eigenvalue weighted by Crippen LogP contribution is -3.71. The molecule has 1 heteroatoms. The van der Waals surface area contributed by atoms with E-state index in [-0.39, 0.29) is 21.2 Å². The fourth-order valence-electron chi connectivity index (χ4n) is 2.37. The number of hydrogen-bond donors (Lipinski definition) is 0. The monoisotopic (exact) mass is 365 g/mol. The molecule has 0 aliphatic carbocycles. The van der Waals surface area contributed by atoms with Crippen molar-refractivity contribution < 1.29 is 21.2 Å². The minimum atomic E-state index is -0.0252. The molecule has 2 aromatic carbocycles. The molecular formula is C18H22I+. The molecule has 0 fully saturated rings. The molecule has 0 bridgehead atoms. The van der Waals surface area contributed by atoms with Crippen molar-refractivity contribution in [2.45, 2.75) is 34.5 Å². The van der Waals surface area contributed by atoms with E-state index in [1.165, 1.54) is 11.1 Å². The van der Waals surface area contributed by atoms with Crippen LogP contribution in [0.15, 0.2) is 60.7 Å². The van der Waals surface area contributed by atoms with E-state index in [4.69, 9.17) is 0 Å². The molecule has 0 aliphatic rings. The van der Waals surface area contributed by atoms with Gasteiger partial charge in [-0.15, -0.1) is 0 Å². The van der Waals surface area contributed by atoms with Crippen molar-refractivity contribution in [1.82, 2.24) is 0 Å². The van der Waals surface area contributed by atoms with Gasteiger partial charge in [0, 0.05) is 11.1 Å². The summed E-state index contributed by atoms with van der Waals surface area (Å²) in [5, 5.41) is 0. The first-order chi connectivity index (χ1) is 8.92. The van der Waals surface area contributed by atoms with Crippen molar-refractivity contribution in [3.05, 3.63) is 71.8 Å². The topological polar surface area (TPSA) is 0 Å². The van der Waals surface area contributed by atoms with Gasteiger partial charge < -0.3 is 0 Å². The van der Waals surface area contributed by atoms with Crippen LogP contribution in [0, 0.1) is 0 Å². The predicted octanol–water partition coefficient (Wildman–Crippen LogP) is 1.95. The highest BCUT2D eigenvalue weighted by Gasteiger charge is 2.47. The van der Waals surface area contributed by atoms with E-state index in [0.29, 0.717) is 6.84 Å². The Morgan fingerprint density at radius 1 is 0.579 bits per heavy atom. The van der Waals surface area contributed by atoms with Crippen LogP contribution in [-0.2, 0) is 6.84 Å². The van der Waals surface area contributed by atoms with Gasteiger partial charge in [-0.2, -0.15) is 0 Å². The zero-order valence-corrected chi connectivity index (χ0v) is 14.3. The highest BCUT2D eigenvalue weighted by molar-refractivity contribution is 5.22. The molecule has 0 N–H and O–H groups in total. The molecule has 0 saturated heterocycles. The summed E-state index contributed by atoms with van der Waals surface area (Å²) in [6.45, 7) is 9.56. The van der Waals surface area contributed by atoms with Gasteiger partial charge in [-0.3, -0.25) is 0 Å². The Bertz CT molecular complexity index is 462. The fraction of sp³-hybridized carbons (Fsp3) is 0.333. The Kier molecular flexibility index (Phi) is 4.34. The van der Waals surface area contributed by atoms with Gasteiger partial charge in [0.05, 0.1) is 0 Å². The quantitative estimate of drug-likeness (QED) is 0.574. The van der Waals surface area contributed by atoms with Crippen molar-refractivity contribution in [3.8, 4) is 0 Å². The molecule has 0 atom stereocenters. The van der Waals surface area contributed by atoms with Crippen LogP contribution in [0.5, 0.6) is 0 Å². The molecule has 0 unspecified atom stereocenters. The largest absolute Gasteiger partial charge is 0.291 e. The molecule has 19 heavy (non-hydrogen) atoms. The third kappa shape index (κ3) is 3.59. The van der Waals surface area contributed by atoms with Crippen molar-refractivity contribution in [3.63, 3.8) is 0 Å². The van der Waals surface area contributed by atoms with Gasteiger partial charge in [0.1, 0.15) is 0 Å². The van der Waals surface area contributed by atoms with E-state index >= 15 is 0 Å². The molecule has 0 radical (unpaired) electrons. The first kappa shape index (κ1) is 14.6. The third-order valence-corrected chi connectivity index (χ3v) is 7.34. The lowest BCUT2D eigenvalue weighted by atomic mass is 10.0. The van der Waals surface area contributed by atoms with Gasteiger partial charge in [-0.25, -0.2) is 0 Å². The Morgan fingerprint density at radius 2 is 0.895 bits per heavy atom. The van der Waals surface area contributed by atoms with Crippen LogP contribution in [-0.4, -0.2) is 0 Å². The van der Waals surface area contributed by atoms with Crippen LogP contribution in [0.1, 0.15) is 38.8 Å². The lowest BCUT2D eigenvalue weighted by molar-refractivity contribution is -0.795. The molecule has 0 amide bonds. The van der Waals surface area contributed by atoms with Crippen LogP contribution in [0.3, 0.4) is 0 Å². The van der Waals surface area contributed by atoms with Gasteiger partial charge in [-0.05, 0) is 27.7 Å². The minimum Gasteiger partial charge on any atom is -0.0622 e. The molecule has 0 aliphatic heterocycles. The highest BCUT2D eigenvalue weighted by atomic mass is 127. The summed E-state index contributed by atoms with van der Waals surface area (Å²) in [5.74, 6) is 0. The number of halogens is 1. The van der Waals surface area contributed by atoms with Gasteiger partial charge >= 0.3 is 0 Å². The van der Waals surface area contributed by atoms with Crippen molar-refractivity contribution in [1.29, 1.82) is 0 Å². The van der Waals surface area contributed by atoms with E-state index in [0.717, 1.165) is 0 Å². The van der Waals surface area contributed by atoms with Crippen LogP contribution in [0.25, 0.3) is 0 Å². The second kappa shape index (κ2) is 5.66. The standard InChI is InChI=1S/C18H22I/c1-17(2,15-11-7-5-8-12-15)19-18(3,4)16-13-9-6-10-14-16/h5-14H,1-4H3/q+1. The van der Waals surface area contributed by atoms with Gasteiger partial charge in [-0.1, -0.05) is 60.7 Å². The summed E-state index contributed by atoms with van der Waals surface area (Å²) in [6.07, 6.45) is 0. The smallest absolute Gasteiger partial charge is 0.0622 e. The van der Waals surface area contributed by atoms with E-state index < -0.39 is 0 Å². The third-order valence-electron chi connectivity index (χ3n) is 3.39. The lowest BCUT2D eigenvalue weighted by Gasteiger charge is -2.21. The summed E-state index contributed by atoms with van der Waals surface area (Å²) in [5.41, 5.74) is 2.93. The Labute approximate surface area is 127 Å². The first-order valence-electron chi connectivity index (χ1n) is 6.70. The number of benzene rings is 2. The molecule has 100 valence electrons. The van der Waals surface area contributed by atoms with E-state index in [9.17, 15) is 0 Å². The molecule has 0 saturated carbocycles. The van der Waals surface area contributed by atoms with Crippen molar-refractivity contribution >= 4 is 0 Å². The summed E-state index contributed by atoms with van der Waals surface area (Å²) in [4.78, 5) is 0. The molecule has 0 spiro atoms. The molecule has 2 rings (SSSR count). The second-order valence-corrected chi connectivity index (χ2v) is 11.7. The number of rotatable bonds is 4. The van der Waals surface area contributed by atoms with Crippen LogP contribution in [0.4, 0.5) is 0 Å². The summed E-state index contributed by atoms with van der Waals surface area (Å²) in [7, 11) is 0. The van der Waals surface area contributed by atoms with E-state index in [1.807, 2.05) is 0 Å². The van der Waals surface area contributed by atoms with E-state index in [1.54, 1.807) is 0 Å². The molecule has 0 aromatic heterocycles. The van der Waals surface area contributed by atoms with Crippen molar-refractivity contribution in [2.24, 2.45) is 0 Å². The number of hydrogen-bond acceptors (Lipinski definition) is 0. The zero-order chi connectivity index (χ0) is 13.9. The Balaban J connectivity index is 2.25. The zero-order valence-electron chi connectivity index (χ0n) is 12.2. The van der Waals surface area contributed by atoms with Crippen LogP contribution in [0.2, 0.25) is 0 Å². The SMILES string of the molecule is CC(C)([I+]C(C)(C)c1ccccc1)c1ccccc1. The molecule has 2 aromatic rings. The molecular weight excluding hydrogens is 343 g/mol. The average Bonchev–Trinajstić information content (AvgIpc) is 2.40. The molecule has 0 heterocycles. The van der Waals surface area contributed by atoms with Crippen molar-refractivity contribution in [2.75, 3.05) is 0 Å². The normalized spacial score (nSPS) is 12.4.